The van der Waals surface area contributed by atoms with Crippen molar-refractivity contribution in [3.05, 3.63) is 40.7 Å². The Morgan fingerprint density at radius 1 is 1.21 bits per heavy atom. The standard InChI is InChI=1S/C25H33ClN4O3/c1-2-3-15-30(23(31)18-10-9-11-19(26)17-18)22-24(29-16-8-7-14-21(29)28-22)33-25(32)27-20-12-5-4-6-13-20/h9-11,17,20H,2-8,12-16H2,1H3,(H,27,32). The number of hydrogen-bond donors (Lipinski definition) is 1. The molecule has 1 N–H and O–H groups in total. The second-order valence-corrected chi connectivity index (χ2v) is 9.39. The van der Waals surface area contributed by atoms with Crippen LogP contribution < -0.4 is 15.0 Å². The maximum Gasteiger partial charge on any atom is 0.414 e. The summed E-state index contributed by atoms with van der Waals surface area (Å²) in [5, 5.41) is 3.52. The molecule has 33 heavy (non-hydrogen) atoms. The van der Waals surface area contributed by atoms with Crippen molar-refractivity contribution in [3.63, 3.8) is 0 Å². The third-order valence-corrected chi connectivity index (χ3v) is 6.67. The first-order valence-corrected chi connectivity index (χ1v) is 12.6. The number of nitrogens with one attached hydrogen (secondary N) is 1. The molecule has 2 aromatic rings. The highest BCUT2D eigenvalue weighted by Crippen LogP contribution is 2.34. The summed E-state index contributed by atoms with van der Waals surface area (Å²) < 4.78 is 7.85. The fraction of sp³-hybridized carbons (Fsp3) is 0.560. The number of imidazole rings is 1. The van der Waals surface area contributed by atoms with Gasteiger partial charge in [-0.1, -0.05) is 50.3 Å². The molecule has 1 saturated carbocycles. The Kier molecular flexibility index (Phi) is 7.91. The minimum Gasteiger partial charge on any atom is -0.389 e. The predicted molar refractivity (Wildman–Crippen MR) is 129 cm³/mol. The van der Waals surface area contributed by atoms with Gasteiger partial charge in [-0.3, -0.25) is 14.3 Å². The monoisotopic (exact) mass is 472 g/mol. The zero-order valence-electron chi connectivity index (χ0n) is 19.3. The summed E-state index contributed by atoms with van der Waals surface area (Å²) in [5.74, 6) is 1.45. The van der Waals surface area contributed by atoms with E-state index in [0.717, 1.165) is 70.2 Å². The quantitative estimate of drug-likeness (QED) is 0.557. The van der Waals surface area contributed by atoms with Crippen LogP contribution in [-0.2, 0) is 13.0 Å². The first kappa shape index (κ1) is 23.6. The summed E-state index contributed by atoms with van der Waals surface area (Å²) >= 11 is 6.15. The number of aromatic nitrogens is 2. The molecule has 7 nitrogen and oxygen atoms in total. The van der Waals surface area contributed by atoms with Gasteiger partial charge < -0.3 is 10.1 Å². The second-order valence-electron chi connectivity index (χ2n) is 8.96. The lowest BCUT2D eigenvalue weighted by atomic mass is 9.96. The highest BCUT2D eigenvalue weighted by Gasteiger charge is 2.30. The number of anilines is 1. The second kappa shape index (κ2) is 11.1. The minimum atomic E-state index is -0.470. The van der Waals surface area contributed by atoms with Crippen LogP contribution in [0.1, 0.15) is 80.9 Å². The van der Waals surface area contributed by atoms with Crippen molar-refractivity contribution in [1.82, 2.24) is 14.9 Å². The topological polar surface area (TPSA) is 76.5 Å². The molecular weight excluding hydrogens is 440 g/mol. The molecule has 4 rings (SSSR count). The molecule has 2 aliphatic rings. The van der Waals surface area contributed by atoms with Crippen molar-refractivity contribution in [1.29, 1.82) is 0 Å². The molecule has 0 atom stereocenters. The number of rotatable bonds is 7. The number of unbranched alkanes of at least 4 members (excludes halogenated alkanes) is 1. The summed E-state index contributed by atoms with van der Waals surface area (Å²) in [6.07, 6.45) is 9.48. The van der Waals surface area contributed by atoms with Crippen LogP contribution in [0.3, 0.4) is 0 Å². The number of ether oxygens (including phenoxy) is 1. The van der Waals surface area contributed by atoms with Crippen LogP contribution in [-0.4, -0.2) is 34.1 Å². The number of benzene rings is 1. The van der Waals surface area contributed by atoms with E-state index >= 15 is 0 Å². The molecule has 1 aromatic carbocycles. The van der Waals surface area contributed by atoms with Crippen LogP contribution in [0.2, 0.25) is 5.02 Å². The van der Waals surface area contributed by atoms with E-state index in [1.165, 1.54) is 6.42 Å². The number of nitrogens with zero attached hydrogens (tertiary/aromatic N) is 3. The predicted octanol–water partition coefficient (Wildman–Crippen LogP) is 5.74. The number of amides is 2. The Labute approximate surface area is 200 Å². The summed E-state index contributed by atoms with van der Waals surface area (Å²) in [7, 11) is 0. The van der Waals surface area contributed by atoms with Crippen molar-refractivity contribution < 1.29 is 14.3 Å². The van der Waals surface area contributed by atoms with Crippen LogP contribution in [0, 0.1) is 0 Å². The molecule has 1 aromatic heterocycles. The Hall–Kier alpha value is -2.54. The molecule has 0 bridgehead atoms. The van der Waals surface area contributed by atoms with E-state index in [1.807, 2.05) is 4.57 Å². The lowest BCUT2D eigenvalue weighted by Gasteiger charge is -2.24. The number of aryl methyl sites for hydroxylation is 1. The summed E-state index contributed by atoms with van der Waals surface area (Å²) in [5.41, 5.74) is 0.488. The zero-order chi connectivity index (χ0) is 23.2. The van der Waals surface area contributed by atoms with Gasteiger partial charge in [0.15, 0.2) is 5.82 Å². The van der Waals surface area contributed by atoms with Crippen molar-refractivity contribution >= 4 is 29.4 Å². The van der Waals surface area contributed by atoms with E-state index in [2.05, 4.69) is 12.2 Å². The third-order valence-electron chi connectivity index (χ3n) is 6.44. The molecule has 178 valence electrons. The van der Waals surface area contributed by atoms with Crippen LogP contribution in [0.5, 0.6) is 5.88 Å². The first-order valence-electron chi connectivity index (χ1n) is 12.2. The number of hydrogen-bond acceptors (Lipinski definition) is 4. The van der Waals surface area contributed by atoms with Gasteiger partial charge in [0.25, 0.3) is 5.91 Å². The van der Waals surface area contributed by atoms with E-state index in [1.54, 1.807) is 29.2 Å². The van der Waals surface area contributed by atoms with Crippen LogP contribution >= 0.6 is 11.6 Å². The van der Waals surface area contributed by atoms with Crippen molar-refractivity contribution in [2.75, 3.05) is 11.4 Å². The van der Waals surface area contributed by atoms with Crippen LogP contribution in [0.4, 0.5) is 10.6 Å². The molecule has 0 spiro atoms. The normalized spacial score (nSPS) is 16.2. The molecule has 2 heterocycles. The molecular formula is C25H33ClN4O3. The maximum atomic E-state index is 13.5. The van der Waals surface area contributed by atoms with Gasteiger partial charge in [-0.2, -0.15) is 0 Å². The number of halogens is 1. The Morgan fingerprint density at radius 3 is 2.79 bits per heavy atom. The Bertz CT molecular complexity index is 984. The smallest absolute Gasteiger partial charge is 0.389 e. The summed E-state index contributed by atoms with van der Waals surface area (Å²) in [4.78, 5) is 32.8. The van der Waals surface area contributed by atoms with Gasteiger partial charge in [-0.25, -0.2) is 9.78 Å². The van der Waals surface area contributed by atoms with Gasteiger partial charge in [-0.05, 0) is 50.3 Å². The van der Waals surface area contributed by atoms with Gasteiger partial charge in [-0.15, -0.1) is 0 Å². The van der Waals surface area contributed by atoms with Gasteiger partial charge in [0, 0.05) is 36.1 Å². The van der Waals surface area contributed by atoms with Gasteiger partial charge in [0.2, 0.25) is 5.88 Å². The number of fused-ring (bicyclic) bond motifs is 1. The summed E-state index contributed by atoms with van der Waals surface area (Å²) in [6.45, 7) is 3.29. The van der Waals surface area contributed by atoms with Crippen LogP contribution in [0.25, 0.3) is 0 Å². The van der Waals surface area contributed by atoms with Gasteiger partial charge in [0.1, 0.15) is 5.82 Å². The fourth-order valence-corrected chi connectivity index (χ4v) is 4.84. The average Bonchev–Trinajstić information content (AvgIpc) is 3.18. The lowest BCUT2D eigenvalue weighted by Crippen LogP contribution is -2.39. The first-order chi connectivity index (χ1) is 16.1. The summed E-state index contributed by atoms with van der Waals surface area (Å²) in [6, 6.07) is 7.06. The van der Waals surface area contributed by atoms with E-state index < -0.39 is 6.09 Å². The van der Waals surface area contributed by atoms with Crippen molar-refractivity contribution in [2.24, 2.45) is 0 Å². The van der Waals surface area contributed by atoms with Crippen molar-refractivity contribution in [3.8, 4) is 5.88 Å². The van der Waals surface area contributed by atoms with E-state index in [-0.39, 0.29) is 11.9 Å². The Balaban J connectivity index is 1.65. The van der Waals surface area contributed by atoms with Crippen molar-refractivity contribution in [2.45, 2.75) is 83.7 Å². The Morgan fingerprint density at radius 2 is 2.03 bits per heavy atom. The third kappa shape index (κ3) is 5.69. The largest absolute Gasteiger partial charge is 0.414 e. The minimum absolute atomic E-state index is 0.141. The van der Waals surface area contributed by atoms with Gasteiger partial charge >= 0.3 is 6.09 Å². The SMILES string of the molecule is CCCCN(C(=O)c1cccc(Cl)c1)c1nc2n(c1OC(=O)NC1CCCCC1)CCCC2. The highest BCUT2D eigenvalue weighted by atomic mass is 35.5. The molecule has 0 radical (unpaired) electrons. The molecule has 8 heteroatoms. The number of carbonyl (C=O) groups is 2. The molecule has 0 saturated heterocycles. The fourth-order valence-electron chi connectivity index (χ4n) is 4.65. The van der Waals surface area contributed by atoms with E-state index in [9.17, 15) is 9.59 Å². The average molecular weight is 473 g/mol. The van der Waals surface area contributed by atoms with Gasteiger partial charge in [0.05, 0.1) is 0 Å². The van der Waals surface area contributed by atoms with E-state index in [4.69, 9.17) is 21.3 Å². The molecule has 2 amide bonds. The highest BCUT2D eigenvalue weighted by molar-refractivity contribution is 6.31. The molecule has 1 aliphatic heterocycles. The van der Waals surface area contributed by atoms with E-state index in [0.29, 0.717) is 28.8 Å². The molecule has 1 aliphatic carbocycles. The van der Waals surface area contributed by atoms with Crippen LogP contribution in [0.15, 0.2) is 24.3 Å². The lowest BCUT2D eigenvalue weighted by molar-refractivity contribution is 0.0984. The molecule has 0 unspecified atom stereocenters. The maximum absolute atomic E-state index is 13.5. The molecule has 1 fully saturated rings. The number of carbonyl (C=O) groups excluding carboxylic acids is 2. The zero-order valence-corrected chi connectivity index (χ0v) is 20.1.